The highest BCUT2D eigenvalue weighted by Gasteiger charge is 2.29. The topological polar surface area (TPSA) is 71.5 Å². The Morgan fingerprint density at radius 2 is 1.55 bits per heavy atom. The quantitative estimate of drug-likeness (QED) is 0.420. The van der Waals surface area contributed by atoms with Gasteiger partial charge in [-0.1, -0.05) is 13.8 Å². The minimum absolute atomic E-state index is 0.00361. The van der Waals surface area contributed by atoms with E-state index < -0.39 is 0 Å². The number of nitrogens with zero attached hydrogens (tertiary/aromatic N) is 1. The fraction of sp³-hybridized carbons (Fsp3) is 0.647. The Kier molecular flexibility index (Phi) is 6.65. The van der Waals surface area contributed by atoms with Gasteiger partial charge in [-0.15, -0.1) is 0 Å². The molecule has 0 aromatic heterocycles. The second-order valence-corrected chi connectivity index (χ2v) is 6.36. The van der Waals surface area contributed by atoms with Crippen molar-refractivity contribution in [1.82, 2.24) is 4.90 Å². The maximum atomic E-state index is 11.6. The zero-order chi connectivity index (χ0) is 16.9. The lowest BCUT2D eigenvalue weighted by Gasteiger charge is -2.19. The van der Waals surface area contributed by atoms with Gasteiger partial charge in [0, 0.05) is 45.0 Å². The van der Waals surface area contributed by atoms with Crippen molar-refractivity contribution in [2.24, 2.45) is 11.8 Å². The Morgan fingerprint density at radius 1 is 0.955 bits per heavy atom. The second-order valence-electron chi connectivity index (χ2n) is 6.36. The zero-order valence-electron chi connectivity index (χ0n) is 13.8. The Bertz CT molecular complexity index is 505. The number of rotatable bonds is 1. The largest absolute Gasteiger partial charge is 0.383 e. The van der Waals surface area contributed by atoms with Gasteiger partial charge in [-0.25, -0.2) is 0 Å². The molecule has 2 unspecified atom stereocenters. The van der Waals surface area contributed by atoms with E-state index in [1.54, 1.807) is 11.1 Å². The van der Waals surface area contributed by atoms with Crippen LogP contribution in [0.2, 0.25) is 0 Å². The van der Waals surface area contributed by atoms with E-state index in [-0.39, 0.29) is 41.4 Å². The lowest BCUT2D eigenvalue weighted by molar-refractivity contribution is -0.132. The molecule has 2 aliphatic rings. The normalized spacial score (nSPS) is 27.5. The van der Waals surface area contributed by atoms with Gasteiger partial charge in [0.05, 0.1) is 12.0 Å². The molecule has 0 N–H and O–H groups in total. The fourth-order valence-corrected chi connectivity index (χ4v) is 2.41. The number of hydrogen-bond acceptors (Lipinski definition) is 5. The van der Waals surface area contributed by atoms with Gasteiger partial charge in [-0.05, 0) is 12.8 Å². The molecular formula is C17H25NO4. The number of hydrogen-bond donors (Lipinski definition) is 0. The van der Waals surface area contributed by atoms with Crippen molar-refractivity contribution in [2.75, 3.05) is 14.1 Å². The lowest BCUT2D eigenvalue weighted by Crippen LogP contribution is -2.27. The van der Waals surface area contributed by atoms with Crippen molar-refractivity contribution in [3.05, 3.63) is 11.8 Å². The van der Waals surface area contributed by atoms with Crippen LogP contribution >= 0.6 is 0 Å². The second kappa shape index (κ2) is 8.01. The highest BCUT2D eigenvalue weighted by molar-refractivity contribution is 6.22. The summed E-state index contributed by atoms with van der Waals surface area (Å²) in [7, 11) is 3.62. The molecule has 0 amide bonds. The van der Waals surface area contributed by atoms with Gasteiger partial charge in [0.2, 0.25) is 0 Å². The van der Waals surface area contributed by atoms with Crippen LogP contribution in [-0.2, 0) is 19.2 Å². The van der Waals surface area contributed by atoms with Gasteiger partial charge >= 0.3 is 0 Å². The SMILES string of the molecule is CC1CCC(=O)/C(=C/N(C)C)C1=O.CC1CCC(=O)CC1=O. The minimum atomic E-state index is -0.0169. The van der Waals surface area contributed by atoms with Crippen molar-refractivity contribution in [1.29, 1.82) is 0 Å². The van der Waals surface area contributed by atoms with Crippen molar-refractivity contribution >= 4 is 23.1 Å². The summed E-state index contributed by atoms with van der Waals surface area (Å²) in [5, 5.41) is 0. The van der Waals surface area contributed by atoms with Gasteiger partial charge in [-0.3, -0.25) is 19.2 Å². The Labute approximate surface area is 131 Å². The molecule has 2 aliphatic carbocycles. The number of allylic oxidation sites excluding steroid dienone is 1. The zero-order valence-corrected chi connectivity index (χ0v) is 13.8. The first-order valence-electron chi connectivity index (χ1n) is 7.72. The van der Waals surface area contributed by atoms with Crippen LogP contribution in [0.25, 0.3) is 0 Å². The highest BCUT2D eigenvalue weighted by atomic mass is 16.2. The van der Waals surface area contributed by atoms with Crippen LogP contribution in [0.1, 0.15) is 46.0 Å². The van der Waals surface area contributed by atoms with E-state index >= 15 is 0 Å². The molecule has 2 saturated carbocycles. The monoisotopic (exact) mass is 307 g/mol. The first-order chi connectivity index (χ1) is 10.2. The number of ketones is 4. The average Bonchev–Trinajstić information content (AvgIpc) is 2.44. The molecule has 0 saturated heterocycles. The summed E-state index contributed by atoms with van der Waals surface area (Å²) >= 11 is 0. The van der Waals surface area contributed by atoms with Crippen molar-refractivity contribution in [3.63, 3.8) is 0 Å². The molecule has 0 aliphatic heterocycles. The van der Waals surface area contributed by atoms with Crippen molar-refractivity contribution < 1.29 is 19.2 Å². The smallest absolute Gasteiger partial charge is 0.170 e. The highest BCUT2D eigenvalue weighted by Crippen LogP contribution is 2.22. The lowest BCUT2D eigenvalue weighted by atomic mass is 9.85. The van der Waals surface area contributed by atoms with Crippen LogP contribution in [0.4, 0.5) is 0 Å². The molecule has 2 fully saturated rings. The van der Waals surface area contributed by atoms with E-state index in [4.69, 9.17) is 0 Å². The maximum absolute atomic E-state index is 11.6. The van der Waals surface area contributed by atoms with Crippen LogP contribution < -0.4 is 0 Å². The van der Waals surface area contributed by atoms with Gasteiger partial charge in [0.1, 0.15) is 11.6 Å². The Morgan fingerprint density at radius 3 is 2.05 bits per heavy atom. The first-order valence-corrected chi connectivity index (χ1v) is 7.72. The molecule has 0 aromatic rings. The molecule has 5 heteroatoms. The summed E-state index contributed by atoms with van der Waals surface area (Å²) in [5.74, 6) is 0.331. The average molecular weight is 307 g/mol. The van der Waals surface area contributed by atoms with Gasteiger partial charge in [-0.2, -0.15) is 0 Å². The van der Waals surface area contributed by atoms with Crippen LogP contribution in [0.5, 0.6) is 0 Å². The van der Waals surface area contributed by atoms with Crippen molar-refractivity contribution in [3.8, 4) is 0 Å². The van der Waals surface area contributed by atoms with E-state index in [1.165, 1.54) is 0 Å². The minimum Gasteiger partial charge on any atom is -0.383 e. The van der Waals surface area contributed by atoms with Crippen molar-refractivity contribution in [2.45, 2.75) is 46.0 Å². The molecule has 2 atom stereocenters. The fourth-order valence-electron chi connectivity index (χ4n) is 2.41. The third-order valence-electron chi connectivity index (χ3n) is 3.98. The molecular weight excluding hydrogens is 282 g/mol. The molecule has 0 bridgehead atoms. The molecule has 0 spiro atoms. The molecule has 122 valence electrons. The number of carbonyl (C=O) groups is 4. The summed E-state index contributed by atoms with van der Waals surface area (Å²) < 4.78 is 0. The van der Waals surface area contributed by atoms with E-state index in [1.807, 2.05) is 27.9 Å². The maximum Gasteiger partial charge on any atom is 0.170 e. The van der Waals surface area contributed by atoms with Crippen LogP contribution in [0.3, 0.4) is 0 Å². The molecule has 0 heterocycles. The van der Waals surface area contributed by atoms with Crippen LogP contribution in [0.15, 0.2) is 11.8 Å². The van der Waals surface area contributed by atoms with Crippen LogP contribution in [0, 0.1) is 11.8 Å². The molecule has 0 aromatic carbocycles. The molecule has 2 rings (SSSR count). The predicted octanol–water partition coefficient (Wildman–Crippen LogP) is 1.94. The Balaban J connectivity index is 0.000000235. The van der Waals surface area contributed by atoms with E-state index in [0.29, 0.717) is 24.8 Å². The van der Waals surface area contributed by atoms with Gasteiger partial charge < -0.3 is 4.90 Å². The Hall–Kier alpha value is -1.78. The predicted molar refractivity (Wildman–Crippen MR) is 83.2 cm³/mol. The van der Waals surface area contributed by atoms with Gasteiger partial charge in [0.25, 0.3) is 0 Å². The summed E-state index contributed by atoms with van der Waals surface area (Å²) in [4.78, 5) is 46.0. The van der Waals surface area contributed by atoms with Gasteiger partial charge in [0.15, 0.2) is 11.6 Å². The summed E-state index contributed by atoms with van der Waals surface area (Å²) in [6.07, 6.45) is 4.38. The molecule has 22 heavy (non-hydrogen) atoms. The number of carbonyl (C=O) groups excluding carboxylic acids is 4. The standard InChI is InChI=1S/C10H15NO2.C7H10O2/c1-7-4-5-9(12)8(10(7)13)6-11(2)3;1-5-2-3-6(8)4-7(5)9/h6-7H,4-5H2,1-3H3;5H,2-4H2,1H3/b8-6-;. The summed E-state index contributed by atoms with van der Waals surface area (Å²) in [5.41, 5.74) is 0.365. The van der Waals surface area contributed by atoms with E-state index in [0.717, 1.165) is 6.42 Å². The van der Waals surface area contributed by atoms with Crippen LogP contribution in [-0.4, -0.2) is 42.1 Å². The first kappa shape index (κ1) is 18.3. The third-order valence-corrected chi connectivity index (χ3v) is 3.98. The third kappa shape index (κ3) is 5.20. The number of Topliss-reactive ketones (excluding diaryl/α,β-unsaturated/α-hetero) is 4. The summed E-state index contributed by atoms with van der Waals surface area (Å²) in [6.45, 7) is 3.76. The van der Waals surface area contributed by atoms with E-state index in [2.05, 4.69) is 0 Å². The molecule has 5 nitrogen and oxygen atoms in total. The molecule has 0 radical (unpaired) electrons. The summed E-state index contributed by atoms with van der Waals surface area (Å²) in [6, 6.07) is 0. The van der Waals surface area contributed by atoms with E-state index in [9.17, 15) is 19.2 Å².